The first kappa shape index (κ1) is 17.0. The van der Waals surface area contributed by atoms with Gasteiger partial charge in [-0.05, 0) is 39.3 Å². The molecule has 0 heterocycles. The molecule has 5 nitrogen and oxygen atoms in total. The van der Waals surface area contributed by atoms with Crippen molar-refractivity contribution < 1.29 is 19.1 Å². The molecule has 21 heavy (non-hydrogen) atoms. The summed E-state index contributed by atoms with van der Waals surface area (Å²) in [7, 11) is 1.55. The number of hydrogen-bond donors (Lipinski definition) is 0. The zero-order valence-electron chi connectivity index (χ0n) is 13.3. The van der Waals surface area contributed by atoms with Crippen LogP contribution < -0.4 is 9.64 Å². The van der Waals surface area contributed by atoms with E-state index in [1.807, 2.05) is 6.92 Å². The normalized spacial score (nSPS) is 12.4. The quantitative estimate of drug-likeness (QED) is 0.781. The molecule has 5 heteroatoms. The molecule has 1 aromatic rings. The van der Waals surface area contributed by atoms with Crippen LogP contribution in [0.5, 0.6) is 5.75 Å². The molecule has 0 aliphatic heterocycles. The Morgan fingerprint density at radius 1 is 1.38 bits per heavy atom. The highest BCUT2D eigenvalue weighted by molar-refractivity contribution is 5.92. The van der Waals surface area contributed by atoms with Gasteiger partial charge < -0.3 is 14.3 Å². The smallest absolute Gasteiger partial charge is 0.415 e. The van der Waals surface area contributed by atoms with Crippen LogP contribution in [-0.2, 0) is 9.53 Å². The van der Waals surface area contributed by atoms with Crippen LogP contribution in [0.3, 0.4) is 0 Å². The van der Waals surface area contributed by atoms with Crippen molar-refractivity contribution in [1.29, 1.82) is 0 Å². The molecular weight excluding hydrogens is 270 g/mol. The summed E-state index contributed by atoms with van der Waals surface area (Å²) < 4.78 is 10.6. The first-order chi connectivity index (χ1) is 9.82. The number of ether oxygens (including phenoxy) is 2. The van der Waals surface area contributed by atoms with Crippen LogP contribution in [0.4, 0.5) is 10.5 Å². The molecule has 116 valence electrons. The summed E-state index contributed by atoms with van der Waals surface area (Å²) in [5.74, 6) is 0.613. The minimum atomic E-state index is -0.630. The molecule has 1 amide bonds. The number of carbonyl (C=O) groups is 2. The van der Waals surface area contributed by atoms with Crippen LogP contribution >= 0.6 is 0 Å². The Labute approximate surface area is 125 Å². The van der Waals surface area contributed by atoms with E-state index in [4.69, 9.17) is 9.47 Å². The second kappa shape index (κ2) is 7.11. The third-order valence-corrected chi connectivity index (χ3v) is 2.83. The predicted molar refractivity (Wildman–Crippen MR) is 81.9 cm³/mol. The summed E-state index contributed by atoms with van der Waals surface area (Å²) in [6.45, 7) is 7.21. The van der Waals surface area contributed by atoms with Crippen molar-refractivity contribution in [1.82, 2.24) is 0 Å². The van der Waals surface area contributed by atoms with Gasteiger partial charge in [-0.25, -0.2) is 4.79 Å². The van der Waals surface area contributed by atoms with Gasteiger partial charge in [-0.1, -0.05) is 13.0 Å². The molecule has 0 spiro atoms. The Hall–Kier alpha value is -2.04. The lowest BCUT2D eigenvalue weighted by Gasteiger charge is -2.30. The molecule has 1 atom stereocenters. The van der Waals surface area contributed by atoms with Crippen LogP contribution in [0, 0.1) is 0 Å². The summed E-state index contributed by atoms with van der Waals surface area (Å²) in [5.41, 5.74) is -0.0578. The SMILES string of the molecule is CCC(C=O)N(C(=O)OC(C)(C)C)c1cccc(OC)c1. The lowest BCUT2D eigenvalue weighted by atomic mass is 10.1. The molecule has 0 fully saturated rings. The second-order valence-corrected chi connectivity index (χ2v) is 5.66. The topological polar surface area (TPSA) is 55.8 Å². The molecule has 0 saturated carbocycles. The van der Waals surface area contributed by atoms with Crippen LogP contribution in [-0.4, -0.2) is 31.1 Å². The van der Waals surface area contributed by atoms with Crippen LogP contribution in [0.15, 0.2) is 24.3 Å². The highest BCUT2D eigenvalue weighted by atomic mass is 16.6. The fraction of sp³-hybridized carbons (Fsp3) is 0.500. The minimum absolute atomic E-state index is 0.500. The van der Waals surface area contributed by atoms with E-state index in [1.54, 1.807) is 52.1 Å². The Morgan fingerprint density at radius 3 is 2.52 bits per heavy atom. The molecule has 0 radical (unpaired) electrons. The van der Waals surface area contributed by atoms with Crippen molar-refractivity contribution >= 4 is 18.1 Å². The molecule has 0 aliphatic rings. The first-order valence-electron chi connectivity index (χ1n) is 6.94. The van der Waals surface area contributed by atoms with Gasteiger partial charge in [0.2, 0.25) is 0 Å². The van der Waals surface area contributed by atoms with Gasteiger partial charge in [0.15, 0.2) is 0 Å². The lowest BCUT2D eigenvalue weighted by Crippen LogP contribution is -2.44. The molecule has 0 N–H and O–H groups in total. The molecule has 1 rings (SSSR count). The summed E-state index contributed by atoms with van der Waals surface area (Å²) >= 11 is 0. The van der Waals surface area contributed by atoms with E-state index in [9.17, 15) is 9.59 Å². The van der Waals surface area contributed by atoms with E-state index in [0.717, 1.165) is 6.29 Å². The average molecular weight is 293 g/mol. The monoisotopic (exact) mass is 293 g/mol. The van der Waals surface area contributed by atoms with E-state index in [2.05, 4.69) is 0 Å². The van der Waals surface area contributed by atoms with E-state index in [0.29, 0.717) is 17.9 Å². The summed E-state index contributed by atoms with van der Waals surface area (Å²) in [4.78, 5) is 25.1. The Bertz CT molecular complexity index is 493. The highest BCUT2D eigenvalue weighted by Crippen LogP contribution is 2.25. The minimum Gasteiger partial charge on any atom is -0.497 e. The molecular formula is C16H23NO4. The third kappa shape index (κ3) is 4.77. The van der Waals surface area contributed by atoms with Gasteiger partial charge in [-0.2, -0.15) is 0 Å². The molecule has 1 unspecified atom stereocenters. The Balaban J connectivity index is 3.18. The zero-order chi connectivity index (χ0) is 16.0. The lowest BCUT2D eigenvalue weighted by molar-refractivity contribution is -0.109. The number of nitrogens with zero attached hydrogens (tertiary/aromatic N) is 1. The van der Waals surface area contributed by atoms with E-state index >= 15 is 0 Å². The van der Waals surface area contributed by atoms with Gasteiger partial charge in [-0.3, -0.25) is 4.90 Å². The maximum atomic E-state index is 12.4. The number of carbonyl (C=O) groups excluding carboxylic acids is 2. The number of hydrogen-bond acceptors (Lipinski definition) is 4. The van der Waals surface area contributed by atoms with E-state index in [-0.39, 0.29) is 0 Å². The highest BCUT2D eigenvalue weighted by Gasteiger charge is 2.28. The number of benzene rings is 1. The maximum absolute atomic E-state index is 12.4. The molecule has 0 saturated heterocycles. The van der Waals surface area contributed by atoms with E-state index < -0.39 is 17.7 Å². The van der Waals surface area contributed by atoms with Gasteiger partial charge in [-0.15, -0.1) is 0 Å². The van der Waals surface area contributed by atoms with Crippen molar-refractivity contribution in [3.8, 4) is 5.75 Å². The Kier molecular flexibility index (Phi) is 5.76. The van der Waals surface area contributed by atoms with Gasteiger partial charge >= 0.3 is 6.09 Å². The zero-order valence-corrected chi connectivity index (χ0v) is 13.3. The van der Waals surface area contributed by atoms with Gasteiger partial charge in [0.1, 0.15) is 17.6 Å². The average Bonchev–Trinajstić information content (AvgIpc) is 2.42. The van der Waals surface area contributed by atoms with E-state index in [1.165, 1.54) is 4.90 Å². The summed E-state index contributed by atoms with van der Waals surface area (Å²) in [6, 6.07) is 6.42. The van der Waals surface area contributed by atoms with Gasteiger partial charge in [0.25, 0.3) is 0 Å². The molecule has 0 aromatic heterocycles. The number of aldehydes is 1. The maximum Gasteiger partial charge on any atom is 0.415 e. The standard InChI is InChI=1S/C16H23NO4/c1-6-12(11-18)17(15(19)21-16(2,3)4)13-8-7-9-14(10-13)20-5/h7-12H,6H2,1-5H3. The summed E-state index contributed by atoms with van der Waals surface area (Å²) in [5, 5.41) is 0. The fourth-order valence-electron chi connectivity index (χ4n) is 1.84. The predicted octanol–water partition coefficient (Wildman–Crippen LogP) is 3.41. The van der Waals surface area contributed by atoms with Gasteiger partial charge in [0, 0.05) is 6.07 Å². The Morgan fingerprint density at radius 2 is 2.05 bits per heavy atom. The van der Waals surface area contributed by atoms with Gasteiger partial charge in [0.05, 0.1) is 18.8 Å². The first-order valence-corrected chi connectivity index (χ1v) is 6.94. The number of anilines is 1. The molecule has 1 aromatic carbocycles. The largest absolute Gasteiger partial charge is 0.497 e. The fourth-order valence-corrected chi connectivity index (χ4v) is 1.84. The number of rotatable bonds is 5. The number of amides is 1. The van der Waals surface area contributed by atoms with Crippen LogP contribution in [0.1, 0.15) is 34.1 Å². The van der Waals surface area contributed by atoms with Crippen molar-refractivity contribution in [2.24, 2.45) is 0 Å². The summed E-state index contributed by atoms with van der Waals surface area (Å²) in [6.07, 6.45) is 0.707. The van der Waals surface area contributed by atoms with Crippen LogP contribution in [0.25, 0.3) is 0 Å². The van der Waals surface area contributed by atoms with Crippen molar-refractivity contribution in [2.45, 2.75) is 45.8 Å². The molecule has 0 bridgehead atoms. The number of methoxy groups -OCH3 is 1. The van der Waals surface area contributed by atoms with Crippen molar-refractivity contribution in [3.63, 3.8) is 0 Å². The van der Waals surface area contributed by atoms with Crippen molar-refractivity contribution in [2.75, 3.05) is 12.0 Å². The second-order valence-electron chi connectivity index (χ2n) is 5.66. The molecule has 0 aliphatic carbocycles. The third-order valence-electron chi connectivity index (χ3n) is 2.83. The van der Waals surface area contributed by atoms with Crippen molar-refractivity contribution in [3.05, 3.63) is 24.3 Å². The van der Waals surface area contributed by atoms with Crippen LogP contribution in [0.2, 0.25) is 0 Å².